The third-order valence-corrected chi connectivity index (χ3v) is 5.02. The molecule has 0 spiro atoms. The second-order valence-electron chi connectivity index (χ2n) is 5.44. The van der Waals surface area contributed by atoms with Crippen molar-refractivity contribution in [3.63, 3.8) is 0 Å². The Morgan fingerprint density at radius 2 is 2.25 bits per heavy atom. The molecule has 0 aliphatic carbocycles. The van der Waals surface area contributed by atoms with Crippen LogP contribution in [0.3, 0.4) is 0 Å². The Kier molecular flexibility index (Phi) is 3.82. The molecule has 0 radical (unpaired) electrons. The van der Waals surface area contributed by atoms with Gasteiger partial charge in [-0.2, -0.15) is 4.98 Å². The Morgan fingerprint density at radius 3 is 3.00 bits per heavy atom. The van der Waals surface area contributed by atoms with E-state index in [9.17, 15) is 9.18 Å². The monoisotopic (exact) mass is 363 g/mol. The summed E-state index contributed by atoms with van der Waals surface area (Å²) in [6, 6.07) is 7.78. The molecule has 122 valence electrons. The fourth-order valence-electron chi connectivity index (χ4n) is 2.71. The van der Waals surface area contributed by atoms with E-state index in [1.165, 1.54) is 34.4 Å². The van der Waals surface area contributed by atoms with E-state index in [2.05, 4.69) is 10.1 Å². The van der Waals surface area contributed by atoms with Crippen molar-refractivity contribution < 1.29 is 13.7 Å². The van der Waals surface area contributed by atoms with Crippen molar-refractivity contribution in [2.45, 2.75) is 12.3 Å². The molecule has 1 unspecified atom stereocenters. The zero-order chi connectivity index (χ0) is 16.7. The summed E-state index contributed by atoms with van der Waals surface area (Å²) in [6.07, 6.45) is 0.261. The number of anilines is 1. The molecule has 0 bridgehead atoms. The van der Waals surface area contributed by atoms with Crippen molar-refractivity contribution in [1.82, 2.24) is 10.1 Å². The van der Waals surface area contributed by atoms with Crippen molar-refractivity contribution >= 4 is 34.5 Å². The molecular weight excluding hydrogens is 353 g/mol. The molecule has 3 heterocycles. The van der Waals surface area contributed by atoms with Crippen LogP contribution in [0.25, 0.3) is 10.8 Å². The van der Waals surface area contributed by atoms with E-state index in [1.54, 1.807) is 0 Å². The van der Waals surface area contributed by atoms with Gasteiger partial charge in [0.15, 0.2) is 5.82 Å². The minimum atomic E-state index is -0.439. The van der Waals surface area contributed by atoms with Gasteiger partial charge in [0, 0.05) is 18.9 Å². The van der Waals surface area contributed by atoms with Crippen LogP contribution in [0.4, 0.5) is 10.1 Å². The summed E-state index contributed by atoms with van der Waals surface area (Å²) in [5, 5.41) is 6.13. The smallest absolute Gasteiger partial charge is 0.267 e. The molecule has 1 atom stereocenters. The topological polar surface area (TPSA) is 59.2 Å². The summed E-state index contributed by atoms with van der Waals surface area (Å²) in [5.74, 6) is 0.218. The van der Waals surface area contributed by atoms with Gasteiger partial charge in [-0.25, -0.2) is 4.39 Å². The molecule has 0 N–H and O–H groups in total. The highest BCUT2D eigenvalue weighted by molar-refractivity contribution is 7.13. The van der Waals surface area contributed by atoms with Crippen LogP contribution in [-0.4, -0.2) is 22.6 Å². The van der Waals surface area contributed by atoms with Crippen molar-refractivity contribution in [2.75, 3.05) is 11.4 Å². The van der Waals surface area contributed by atoms with Gasteiger partial charge in [0.25, 0.3) is 5.89 Å². The lowest BCUT2D eigenvalue weighted by molar-refractivity contribution is -0.117. The highest BCUT2D eigenvalue weighted by Crippen LogP contribution is 2.35. The highest BCUT2D eigenvalue weighted by atomic mass is 35.5. The zero-order valence-corrected chi connectivity index (χ0v) is 13.9. The third-order valence-electron chi connectivity index (χ3n) is 3.86. The number of aromatic nitrogens is 2. The van der Waals surface area contributed by atoms with E-state index in [4.69, 9.17) is 16.1 Å². The Balaban J connectivity index is 1.58. The summed E-state index contributed by atoms with van der Waals surface area (Å²) in [5.41, 5.74) is 0.493. The molecule has 0 saturated carbocycles. The van der Waals surface area contributed by atoms with E-state index in [0.717, 1.165) is 4.88 Å². The first-order chi connectivity index (χ1) is 11.6. The molecule has 3 aromatic rings. The van der Waals surface area contributed by atoms with Crippen LogP contribution < -0.4 is 4.90 Å². The van der Waals surface area contributed by atoms with Crippen LogP contribution in [-0.2, 0) is 4.79 Å². The van der Waals surface area contributed by atoms with Gasteiger partial charge in [-0.3, -0.25) is 4.79 Å². The standard InChI is InChI=1S/C16H11ClFN3O2S/c17-11-7-10(18)3-4-12(11)21-8-9(6-14(21)22)15-19-16(23-20-15)13-2-1-5-24-13/h1-5,7,9H,6,8H2. The van der Waals surface area contributed by atoms with Crippen molar-refractivity contribution in [1.29, 1.82) is 0 Å². The number of carbonyl (C=O) groups excluding carboxylic acids is 1. The summed E-state index contributed by atoms with van der Waals surface area (Å²) in [4.78, 5) is 19.1. The fraction of sp³-hybridized carbons (Fsp3) is 0.188. The first-order valence-electron chi connectivity index (χ1n) is 7.24. The quantitative estimate of drug-likeness (QED) is 0.702. The third kappa shape index (κ3) is 2.70. The molecular formula is C16H11ClFN3O2S. The fourth-order valence-corrected chi connectivity index (χ4v) is 3.63. The SMILES string of the molecule is O=C1CC(c2noc(-c3cccs3)n2)CN1c1ccc(F)cc1Cl. The molecule has 4 rings (SSSR count). The van der Waals surface area contributed by atoms with Crippen LogP contribution >= 0.6 is 22.9 Å². The van der Waals surface area contributed by atoms with E-state index in [-0.39, 0.29) is 23.3 Å². The lowest BCUT2D eigenvalue weighted by Gasteiger charge is -2.17. The van der Waals surface area contributed by atoms with Gasteiger partial charge in [-0.05, 0) is 29.6 Å². The van der Waals surface area contributed by atoms with E-state index < -0.39 is 5.82 Å². The maximum absolute atomic E-state index is 13.2. The Morgan fingerprint density at radius 1 is 1.38 bits per heavy atom. The molecule has 1 amide bonds. The van der Waals surface area contributed by atoms with Crippen LogP contribution in [0.5, 0.6) is 0 Å². The van der Waals surface area contributed by atoms with E-state index in [0.29, 0.717) is 23.9 Å². The van der Waals surface area contributed by atoms with E-state index in [1.807, 2.05) is 17.5 Å². The maximum atomic E-state index is 13.2. The molecule has 1 fully saturated rings. The van der Waals surface area contributed by atoms with Gasteiger partial charge in [0.05, 0.1) is 15.6 Å². The molecule has 1 aliphatic heterocycles. The number of rotatable bonds is 3. The van der Waals surface area contributed by atoms with E-state index >= 15 is 0 Å². The minimum Gasteiger partial charge on any atom is -0.333 e. The number of hydrogen-bond donors (Lipinski definition) is 0. The van der Waals surface area contributed by atoms with Gasteiger partial charge in [0.2, 0.25) is 5.91 Å². The lowest BCUT2D eigenvalue weighted by Crippen LogP contribution is -2.24. The summed E-state index contributed by atoms with van der Waals surface area (Å²) < 4.78 is 18.5. The average molecular weight is 364 g/mol. The Hall–Kier alpha value is -2.25. The number of nitrogens with zero attached hydrogens (tertiary/aromatic N) is 3. The molecule has 8 heteroatoms. The van der Waals surface area contributed by atoms with Crippen LogP contribution in [0.1, 0.15) is 18.2 Å². The summed E-state index contributed by atoms with van der Waals surface area (Å²) in [6.45, 7) is 0.383. The largest absolute Gasteiger partial charge is 0.333 e. The summed E-state index contributed by atoms with van der Waals surface area (Å²) in [7, 11) is 0. The number of amides is 1. The average Bonchev–Trinajstić information content (AvgIpc) is 3.27. The first kappa shape index (κ1) is 15.3. The van der Waals surface area contributed by atoms with Crippen LogP contribution in [0.2, 0.25) is 5.02 Å². The normalized spacial score (nSPS) is 17.7. The lowest BCUT2D eigenvalue weighted by atomic mass is 10.1. The van der Waals surface area contributed by atoms with Gasteiger partial charge in [-0.15, -0.1) is 11.3 Å². The molecule has 1 saturated heterocycles. The molecule has 5 nitrogen and oxygen atoms in total. The van der Waals surface area contributed by atoms with Crippen LogP contribution in [0.15, 0.2) is 40.2 Å². The van der Waals surface area contributed by atoms with Crippen molar-refractivity contribution in [3.05, 3.63) is 52.4 Å². The number of hydrogen-bond acceptors (Lipinski definition) is 5. The number of thiophene rings is 1. The predicted molar refractivity (Wildman–Crippen MR) is 88.7 cm³/mol. The number of benzene rings is 1. The second kappa shape index (κ2) is 5.99. The molecule has 1 aliphatic rings. The minimum absolute atomic E-state index is 0.101. The highest BCUT2D eigenvalue weighted by Gasteiger charge is 2.35. The van der Waals surface area contributed by atoms with Crippen LogP contribution in [0, 0.1) is 5.82 Å². The first-order valence-corrected chi connectivity index (χ1v) is 8.50. The predicted octanol–water partition coefficient (Wildman–Crippen LogP) is 4.11. The maximum Gasteiger partial charge on any atom is 0.267 e. The molecule has 2 aromatic heterocycles. The van der Waals surface area contributed by atoms with Gasteiger partial charge >= 0.3 is 0 Å². The molecule has 1 aromatic carbocycles. The Labute approximate surface area is 145 Å². The number of halogens is 2. The van der Waals surface area contributed by atoms with Gasteiger partial charge in [0.1, 0.15) is 5.82 Å². The Bertz CT molecular complexity index is 897. The van der Waals surface area contributed by atoms with Crippen molar-refractivity contribution in [2.24, 2.45) is 0 Å². The number of carbonyl (C=O) groups is 1. The second-order valence-corrected chi connectivity index (χ2v) is 6.79. The zero-order valence-electron chi connectivity index (χ0n) is 12.3. The summed E-state index contributed by atoms with van der Waals surface area (Å²) >= 11 is 7.56. The molecule has 24 heavy (non-hydrogen) atoms. The van der Waals surface area contributed by atoms with Gasteiger partial charge < -0.3 is 9.42 Å². The van der Waals surface area contributed by atoms with Gasteiger partial charge in [-0.1, -0.05) is 22.8 Å². The van der Waals surface area contributed by atoms with Crippen molar-refractivity contribution in [3.8, 4) is 10.8 Å².